The monoisotopic (exact) mass is 526 g/mol. The predicted molar refractivity (Wildman–Crippen MR) is 157 cm³/mol. The Hall–Kier alpha value is -3.57. The van der Waals surface area contributed by atoms with E-state index in [1.165, 1.54) is 29.8 Å². The minimum atomic E-state index is -1.15. The molecule has 1 aliphatic rings. The van der Waals surface area contributed by atoms with Crippen molar-refractivity contribution in [2.75, 3.05) is 0 Å². The van der Waals surface area contributed by atoms with Gasteiger partial charge in [-0.3, -0.25) is 4.79 Å². The number of halogens is 1. The lowest BCUT2D eigenvalue weighted by Gasteiger charge is -2.29. The van der Waals surface area contributed by atoms with Crippen LogP contribution in [-0.4, -0.2) is 27.1 Å². The third-order valence-corrected chi connectivity index (χ3v) is 8.61. The predicted octanol–water partition coefficient (Wildman–Crippen LogP) is 7.12. The van der Waals surface area contributed by atoms with E-state index in [9.17, 15) is 14.7 Å². The first-order chi connectivity index (χ1) is 17.7. The molecule has 38 heavy (non-hydrogen) atoms. The van der Waals surface area contributed by atoms with E-state index in [1.54, 1.807) is 0 Å². The van der Waals surface area contributed by atoms with Gasteiger partial charge in [-0.1, -0.05) is 88.7 Å². The first-order valence-electron chi connectivity index (χ1n) is 12.9. The summed E-state index contributed by atoms with van der Waals surface area (Å²) in [5.41, 5.74) is 6.36. The zero-order chi connectivity index (χ0) is 28.0. The molecular weight excluding hydrogens is 491 g/mol. The maximum absolute atomic E-state index is 15.6. The van der Waals surface area contributed by atoms with E-state index in [0.29, 0.717) is 5.56 Å². The summed E-state index contributed by atoms with van der Waals surface area (Å²) in [6.07, 6.45) is 5.07. The molecule has 3 aromatic rings. The maximum Gasteiger partial charge on any atom is 0.336 e. The molecule has 3 nitrogen and oxygen atoms in total. The Bertz CT molecular complexity index is 1490. The van der Waals surface area contributed by atoms with Crippen molar-refractivity contribution in [1.82, 2.24) is 0 Å². The Morgan fingerprint density at radius 1 is 1.05 bits per heavy atom. The molecular formula is C33H35FO3Si. The Kier molecular flexibility index (Phi) is 7.19. The zero-order valence-corrected chi connectivity index (χ0v) is 25.1. The van der Waals surface area contributed by atoms with Crippen molar-refractivity contribution in [3.63, 3.8) is 0 Å². The van der Waals surface area contributed by atoms with Crippen LogP contribution in [0.15, 0.2) is 66.7 Å². The highest BCUT2D eigenvalue weighted by atomic mass is 28.1. The summed E-state index contributed by atoms with van der Waals surface area (Å²) in [5.74, 6) is -2.24. The number of ketones is 1. The lowest BCUT2D eigenvalue weighted by atomic mass is 9.84. The average Bonchev–Trinajstić information content (AvgIpc) is 3.12. The minimum absolute atomic E-state index is 0.0277. The van der Waals surface area contributed by atoms with Crippen LogP contribution >= 0.6 is 0 Å². The first kappa shape index (κ1) is 27.5. The molecule has 0 bridgehead atoms. The van der Waals surface area contributed by atoms with E-state index in [0.717, 1.165) is 32.5 Å². The summed E-state index contributed by atoms with van der Waals surface area (Å²) < 4.78 is 15.6. The second-order valence-electron chi connectivity index (χ2n) is 11.9. The van der Waals surface area contributed by atoms with Crippen LogP contribution in [0.4, 0.5) is 4.39 Å². The molecule has 1 N–H and O–H groups in total. The van der Waals surface area contributed by atoms with Crippen molar-refractivity contribution >= 4 is 33.6 Å². The number of aryl methyl sites for hydroxylation is 1. The number of carbonyl (C=O) groups is 2. The second kappa shape index (κ2) is 9.95. The maximum atomic E-state index is 15.6. The highest BCUT2D eigenvalue weighted by molar-refractivity contribution is 6.15. The van der Waals surface area contributed by atoms with E-state index < -0.39 is 11.8 Å². The van der Waals surface area contributed by atoms with Crippen molar-refractivity contribution in [1.29, 1.82) is 0 Å². The van der Waals surface area contributed by atoms with Crippen LogP contribution in [0, 0.1) is 12.7 Å². The normalized spacial score (nSPS) is 15.4. The van der Waals surface area contributed by atoms with Gasteiger partial charge in [-0.15, -0.1) is 0 Å². The SMILES string of the molecule is Cc1ccc(C2=CC(C)(C)c3cc(C(=O)C=Cc4ccc(C(=O)O)c(C(C)C(C)(C)[SiH3])c4F)ccc32)cc1. The van der Waals surface area contributed by atoms with Crippen molar-refractivity contribution < 1.29 is 19.1 Å². The Labute approximate surface area is 227 Å². The van der Waals surface area contributed by atoms with Gasteiger partial charge in [0.1, 0.15) is 5.82 Å². The smallest absolute Gasteiger partial charge is 0.336 e. The van der Waals surface area contributed by atoms with Crippen LogP contribution in [0.25, 0.3) is 11.6 Å². The molecule has 0 aromatic heterocycles. The molecule has 0 heterocycles. The summed E-state index contributed by atoms with van der Waals surface area (Å²) >= 11 is 0. The summed E-state index contributed by atoms with van der Waals surface area (Å²) in [6.45, 7) is 12.2. The number of benzene rings is 3. The van der Waals surface area contributed by atoms with Gasteiger partial charge in [-0.25, -0.2) is 9.18 Å². The van der Waals surface area contributed by atoms with Gasteiger partial charge in [0.15, 0.2) is 5.78 Å². The fourth-order valence-electron chi connectivity index (χ4n) is 5.00. The van der Waals surface area contributed by atoms with E-state index in [2.05, 4.69) is 51.1 Å². The quantitative estimate of drug-likeness (QED) is 0.203. The van der Waals surface area contributed by atoms with Crippen LogP contribution in [0.3, 0.4) is 0 Å². The molecule has 1 atom stereocenters. The van der Waals surface area contributed by atoms with E-state index in [1.807, 2.05) is 39.0 Å². The van der Waals surface area contributed by atoms with Crippen LogP contribution in [-0.2, 0) is 5.41 Å². The third-order valence-electron chi connectivity index (χ3n) is 7.74. The fourth-order valence-corrected chi connectivity index (χ4v) is 5.29. The van der Waals surface area contributed by atoms with Gasteiger partial charge in [-0.05, 0) is 64.4 Å². The van der Waals surface area contributed by atoms with Gasteiger partial charge in [0.25, 0.3) is 0 Å². The number of hydrogen-bond acceptors (Lipinski definition) is 2. The zero-order valence-electron chi connectivity index (χ0n) is 23.1. The molecule has 1 aliphatic carbocycles. The molecule has 3 aromatic carbocycles. The van der Waals surface area contributed by atoms with Gasteiger partial charge in [0, 0.05) is 32.3 Å². The number of carbonyl (C=O) groups excluding carboxylic acids is 1. The molecule has 0 saturated heterocycles. The van der Waals surface area contributed by atoms with Gasteiger partial charge >= 0.3 is 5.97 Å². The number of fused-ring (bicyclic) bond motifs is 1. The first-order valence-corrected chi connectivity index (χ1v) is 13.9. The summed E-state index contributed by atoms with van der Waals surface area (Å²) in [7, 11) is 0.772. The van der Waals surface area contributed by atoms with Crippen LogP contribution < -0.4 is 0 Å². The number of rotatable bonds is 7. The highest BCUT2D eigenvalue weighted by Crippen LogP contribution is 2.44. The molecule has 5 heteroatoms. The molecule has 0 spiro atoms. The Morgan fingerprint density at radius 2 is 1.71 bits per heavy atom. The molecule has 0 saturated carbocycles. The topological polar surface area (TPSA) is 54.4 Å². The van der Waals surface area contributed by atoms with Crippen molar-refractivity contribution in [2.45, 2.75) is 57.9 Å². The van der Waals surface area contributed by atoms with Crippen molar-refractivity contribution in [3.8, 4) is 0 Å². The average molecular weight is 527 g/mol. The number of hydrogen-bond donors (Lipinski definition) is 1. The van der Waals surface area contributed by atoms with Crippen molar-refractivity contribution in [3.05, 3.63) is 117 Å². The lowest BCUT2D eigenvalue weighted by Crippen LogP contribution is -2.18. The Balaban J connectivity index is 1.66. The third kappa shape index (κ3) is 5.21. The number of aromatic carboxylic acids is 1. The van der Waals surface area contributed by atoms with Gasteiger partial charge in [-0.2, -0.15) is 0 Å². The van der Waals surface area contributed by atoms with E-state index in [-0.39, 0.29) is 38.8 Å². The molecule has 196 valence electrons. The van der Waals surface area contributed by atoms with Crippen LogP contribution in [0.5, 0.6) is 0 Å². The molecule has 0 aliphatic heterocycles. The van der Waals surface area contributed by atoms with Crippen molar-refractivity contribution in [2.24, 2.45) is 0 Å². The largest absolute Gasteiger partial charge is 0.478 e. The number of carboxylic acid groups (broad SMARTS) is 1. The highest BCUT2D eigenvalue weighted by Gasteiger charge is 2.32. The molecule has 4 rings (SSSR count). The van der Waals surface area contributed by atoms with Gasteiger partial charge in [0.2, 0.25) is 0 Å². The Morgan fingerprint density at radius 3 is 2.32 bits per heavy atom. The fraction of sp³-hybridized carbons (Fsp3) is 0.273. The van der Waals surface area contributed by atoms with Crippen LogP contribution in [0.2, 0.25) is 5.04 Å². The molecule has 1 unspecified atom stereocenters. The molecule has 0 amide bonds. The standard InChI is InChI=1S/C33H35FO3Si/c1-19-7-9-21(10-8-19)26-18-32(3,4)27-17-23(12-14-24(26)27)28(35)16-13-22-11-15-25(31(36)37)29(30(22)34)20(2)33(5,6)38/h7-18,20H,1-6,38H3,(H,36,37). The summed E-state index contributed by atoms with van der Waals surface area (Å²) in [5, 5.41) is 9.45. The van der Waals surface area contributed by atoms with Crippen LogP contribution in [0.1, 0.15) is 94.6 Å². The summed E-state index contributed by atoms with van der Waals surface area (Å²) in [4.78, 5) is 25.0. The van der Waals surface area contributed by atoms with Gasteiger partial charge in [0.05, 0.1) is 5.56 Å². The molecule has 0 fully saturated rings. The van der Waals surface area contributed by atoms with E-state index >= 15 is 4.39 Å². The van der Waals surface area contributed by atoms with E-state index in [4.69, 9.17) is 0 Å². The van der Waals surface area contributed by atoms with Gasteiger partial charge < -0.3 is 5.11 Å². The minimum Gasteiger partial charge on any atom is -0.478 e. The lowest BCUT2D eigenvalue weighted by molar-refractivity contribution is 0.0694. The number of carboxylic acids is 1. The number of allylic oxidation sites excluding steroid dienone is 2. The summed E-state index contributed by atoms with van der Waals surface area (Å²) in [6, 6.07) is 17.0. The molecule has 0 radical (unpaired) electrons. The second-order valence-corrected chi connectivity index (χ2v) is 14.5.